The number of nitro groups is 2. The molecule has 0 aromatic heterocycles. The molecular weight excluding hydrogens is 312 g/mol. The zero-order valence-electron chi connectivity index (χ0n) is 13.1. The van der Waals surface area contributed by atoms with Crippen LogP contribution in [-0.4, -0.2) is 15.6 Å². The third-order valence-corrected chi connectivity index (χ3v) is 3.43. The molecule has 24 heavy (non-hydrogen) atoms. The number of nitro benzene ring substituents is 2. The minimum Gasteiger partial charge on any atom is -0.271 e. The van der Waals surface area contributed by atoms with Crippen LogP contribution in [0.2, 0.25) is 0 Å². The molecule has 0 spiro atoms. The number of benzene rings is 1. The van der Waals surface area contributed by atoms with Crippen molar-refractivity contribution in [3.05, 3.63) is 50.1 Å². The number of hydrogen-bond acceptors (Lipinski definition) is 6. The predicted molar refractivity (Wildman–Crippen MR) is 90.8 cm³/mol. The van der Waals surface area contributed by atoms with Crippen LogP contribution in [0.3, 0.4) is 0 Å². The van der Waals surface area contributed by atoms with Gasteiger partial charge in [0.2, 0.25) is 0 Å². The van der Waals surface area contributed by atoms with Crippen LogP contribution in [0.25, 0.3) is 0 Å². The van der Waals surface area contributed by atoms with E-state index in [2.05, 4.69) is 28.4 Å². The zero-order valence-corrected chi connectivity index (χ0v) is 13.1. The molecule has 1 aromatic rings. The second-order valence-corrected chi connectivity index (χ2v) is 5.25. The topological polar surface area (TPSA) is 111 Å². The van der Waals surface area contributed by atoms with Crippen molar-refractivity contribution < 1.29 is 9.85 Å². The molecule has 0 heterocycles. The quantitative estimate of drug-likeness (QED) is 0.391. The Kier molecular flexibility index (Phi) is 5.63. The third-order valence-electron chi connectivity index (χ3n) is 3.43. The molecule has 0 amide bonds. The minimum absolute atomic E-state index is 0.0728. The van der Waals surface area contributed by atoms with Gasteiger partial charge in [0.1, 0.15) is 11.4 Å². The summed E-state index contributed by atoms with van der Waals surface area (Å²) >= 11 is 0. The Morgan fingerprint density at radius 3 is 2.67 bits per heavy atom. The van der Waals surface area contributed by atoms with Gasteiger partial charge in [-0.15, -0.1) is 0 Å². The van der Waals surface area contributed by atoms with Gasteiger partial charge in [0.25, 0.3) is 5.69 Å². The molecule has 0 aliphatic heterocycles. The summed E-state index contributed by atoms with van der Waals surface area (Å²) in [5.74, 6) is 5.93. The highest BCUT2D eigenvalue weighted by atomic mass is 16.6. The Hall–Kier alpha value is -3.21. The summed E-state index contributed by atoms with van der Waals surface area (Å²) in [6.07, 6.45) is 6.42. The molecule has 0 bridgehead atoms. The SMILES string of the molecule is C/C(C#CC1=CCCCC1)=N\Nc1ccc([N+](=O)[O-])cc1[N+](=O)[O-]. The van der Waals surface area contributed by atoms with Crippen molar-refractivity contribution in [3.8, 4) is 11.8 Å². The summed E-state index contributed by atoms with van der Waals surface area (Å²) < 4.78 is 0. The maximum atomic E-state index is 11.0. The monoisotopic (exact) mass is 328 g/mol. The predicted octanol–water partition coefficient (Wildman–Crippen LogP) is 3.79. The van der Waals surface area contributed by atoms with Gasteiger partial charge in [-0.3, -0.25) is 25.7 Å². The van der Waals surface area contributed by atoms with Crippen molar-refractivity contribution >= 4 is 22.8 Å². The van der Waals surface area contributed by atoms with Gasteiger partial charge in [-0.05, 0) is 50.2 Å². The fourth-order valence-electron chi connectivity index (χ4n) is 2.17. The summed E-state index contributed by atoms with van der Waals surface area (Å²) in [4.78, 5) is 20.4. The van der Waals surface area contributed by atoms with Crippen molar-refractivity contribution in [1.29, 1.82) is 0 Å². The largest absolute Gasteiger partial charge is 0.301 e. The Morgan fingerprint density at radius 2 is 2.04 bits per heavy atom. The molecule has 2 rings (SSSR count). The lowest BCUT2D eigenvalue weighted by molar-refractivity contribution is -0.393. The summed E-state index contributed by atoms with van der Waals surface area (Å²) in [7, 11) is 0. The van der Waals surface area contributed by atoms with E-state index in [-0.39, 0.29) is 11.4 Å². The highest BCUT2D eigenvalue weighted by molar-refractivity contribution is 5.99. The Bertz CT molecular complexity index is 787. The van der Waals surface area contributed by atoms with E-state index in [1.165, 1.54) is 18.6 Å². The first-order chi connectivity index (χ1) is 11.5. The molecule has 8 heteroatoms. The molecule has 1 aliphatic rings. The average molecular weight is 328 g/mol. The van der Waals surface area contributed by atoms with E-state index in [9.17, 15) is 20.2 Å². The lowest BCUT2D eigenvalue weighted by atomic mass is 10.00. The molecule has 1 aliphatic carbocycles. The number of rotatable bonds is 4. The number of allylic oxidation sites excluding steroid dienone is 2. The van der Waals surface area contributed by atoms with E-state index < -0.39 is 15.5 Å². The first kappa shape index (κ1) is 17.1. The maximum absolute atomic E-state index is 11.0. The summed E-state index contributed by atoms with van der Waals surface area (Å²) in [5, 5.41) is 25.7. The van der Waals surface area contributed by atoms with Crippen LogP contribution < -0.4 is 5.43 Å². The van der Waals surface area contributed by atoms with Crippen LogP contribution in [0.4, 0.5) is 17.1 Å². The lowest BCUT2D eigenvalue weighted by Gasteiger charge is -2.05. The number of anilines is 1. The van der Waals surface area contributed by atoms with Gasteiger partial charge >= 0.3 is 5.69 Å². The third kappa shape index (κ3) is 4.64. The average Bonchev–Trinajstić information content (AvgIpc) is 2.58. The first-order valence-corrected chi connectivity index (χ1v) is 7.41. The van der Waals surface area contributed by atoms with Crippen LogP contribution in [-0.2, 0) is 0 Å². The number of non-ortho nitro benzene ring substituents is 1. The van der Waals surface area contributed by atoms with Crippen LogP contribution >= 0.6 is 0 Å². The van der Waals surface area contributed by atoms with Gasteiger partial charge in [-0.2, -0.15) is 5.10 Å². The number of nitrogens with one attached hydrogen (secondary N) is 1. The first-order valence-electron chi connectivity index (χ1n) is 7.41. The Morgan fingerprint density at radius 1 is 1.25 bits per heavy atom. The zero-order chi connectivity index (χ0) is 17.5. The minimum atomic E-state index is -0.696. The molecule has 0 saturated heterocycles. The van der Waals surface area contributed by atoms with Crippen molar-refractivity contribution in [3.63, 3.8) is 0 Å². The van der Waals surface area contributed by atoms with Crippen LogP contribution in [0.5, 0.6) is 0 Å². The smallest absolute Gasteiger partial charge is 0.271 e. The second kappa shape index (κ2) is 7.87. The van der Waals surface area contributed by atoms with Crippen molar-refractivity contribution in [2.24, 2.45) is 5.10 Å². The lowest BCUT2D eigenvalue weighted by Crippen LogP contribution is -2.00. The highest BCUT2D eigenvalue weighted by Gasteiger charge is 2.19. The molecule has 8 nitrogen and oxygen atoms in total. The van der Waals surface area contributed by atoms with Crippen LogP contribution in [0.15, 0.2) is 34.9 Å². The number of hydrogen-bond donors (Lipinski definition) is 1. The fourth-order valence-corrected chi connectivity index (χ4v) is 2.17. The van der Waals surface area contributed by atoms with Crippen LogP contribution in [0, 0.1) is 32.1 Å². The van der Waals surface area contributed by atoms with Gasteiger partial charge < -0.3 is 0 Å². The summed E-state index contributed by atoms with van der Waals surface area (Å²) in [5.41, 5.74) is 3.41. The molecule has 1 N–H and O–H groups in total. The van der Waals surface area contributed by atoms with E-state index in [0.29, 0.717) is 5.71 Å². The fraction of sp³-hybridized carbons (Fsp3) is 0.312. The second-order valence-electron chi connectivity index (χ2n) is 5.25. The van der Waals surface area contributed by atoms with Crippen molar-refractivity contribution in [2.75, 3.05) is 5.43 Å². The number of hydrazone groups is 1. The molecule has 0 atom stereocenters. The Labute approximate surface area is 138 Å². The van der Waals surface area contributed by atoms with Crippen molar-refractivity contribution in [1.82, 2.24) is 0 Å². The Balaban J connectivity index is 2.15. The standard InChI is InChI=1S/C16H16N4O4/c1-12(7-8-13-5-3-2-4-6-13)17-18-15-10-9-14(19(21)22)11-16(15)20(23)24/h5,9-11,18H,2-4,6H2,1H3/b17-12+. The van der Waals surface area contributed by atoms with Gasteiger partial charge in [0, 0.05) is 6.07 Å². The van der Waals surface area contributed by atoms with E-state index >= 15 is 0 Å². The van der Waals surface area contributed by atoms with Gasteiger partial charge in [-0.25, -0.2) is 0 Å². The molecule has 0 radical (unpaired) electrons. The summed E-state index contributed by atoms with van der Waals surface area (Å²) in [6.45, 7) is 1.68. The molecule has 1 aromatic carbocycles. The molecule has 124 valence electrons. The maximum Gasteiger partial charge on any atom is 0.301 e. The number of nitrogens with zero attached hydrogens (tertiary/aromatic N) is 3. The molecular formula is C16H16N4O4. The van der Waals surface area contributed by atoms with Gasteiger partial charge in [0.05, 0.1) is 15.9 Å². The van der Waals surface area contributed by atoms with E-state index in [1.807, 2.05) is 0 Å². The molecule has 0 fully saturated rings. The molecule has 0 saturated carbocycles. The van der Waals surface area contributed by atoms with Gasteiger partial charge in [-0.1, -0.05) is 12.0 Å². The molecule has 0 unspecified atom stereocenters. The highest BCUT2D eigenvalue weighted by Crippen LogP contribution is 2.28. The summed E-state index contributed by atoms with van der Waals surface area (Å²) in [6, 6.07) is 3.33. The van der Waals surface area contributed by atoms with Gasteiger partial charge in [0.15, 0.2) is 0 Å². The van der Waals surface area contributed by atoms with Crippen LogP contribution in [0.1, 0.15) is 32.6 Å². The van der Waals surface area contributed by atoms with E-state index in [0.717, 1.165) is 30.9 Å². The normalized spacial score (nSPS) is 14.2. The van der Waals surface area contributed by atoms with E-state index in [1.54, 1.807) is 6.92 Å². The van der Waals surface area contributed by atoms with E-state index in [4.69, 9.17) is 0 Å². The van der Waals surface area contributed by atoms with Crippen molar-refractivity contribution in [2.45, 2.75) is 32.6 Å².